The number of rotatable bonds is 5. The number of methoxy groups -OCH3 is 1. The van der Waals surface area contributed by atoms with Crippen LogP contribution in [0.25, 0.3) is 0 Å². The molecule has 1 amide bonds. The summed E-state index contributed by atoms with van der Waals surface area (Å²) in [7, 11) is 1.35. The Morgan fingerprint density at radius 2 is 1.87 bits per heavy atom. The summed E-state index contributed by atoms with van der Waals surface area (Å²) in [5, 5.41) is 0.493. The number of hydrogen-bond acceptors (Lipinski definition) is 6. The molecule has 0 bridgehead atoms. The fourth-order valence-corrected chi connectivity index (χ4v) is 3.97. The molecular formula is C21H25ClN4O4. The number of piperazine rings is 1. The predicted octanol–water partition coefficient (Wildman–Crippen LogP) is 1.64. The van der Waals surface area contributed by atoms with Gasteiger partial charge in [0, 0.05) is 42.5 Å². The molecule has 1 saturated heterocycles. The van der Waals surface area contributed by atoms with Gasteiger partial charge in [0.2, 0.25) is 5.91 Å². The monoisotopic (exact) mass is 432 g/mol. The number of halogens is 1. The average Bonchev–Trinajstić information content (AvgIpc) is 2.72. The highest BCUT2D eigenvalue weighted by Crippen LogP contribution is 2.29. The molecular weight excluding hydrogens is 408 g/mol. The van der Waals surface area contributed by atoms with Gasteiger partial charge in [0.05, 0.1) is 13.5 Å². The van der Waals surface area contributed by atoms with E-state index in [0.29, 0.717) is 53.8 Å². The number of aromatic amines is 1. The van der Waals surface area contributed by atoms with Gasteiger partial charge in [-0.3, -0.25) is 14.5 Å². The van der Waals surface area contributed by atoms with Gasteiger partial charge in [0.25, 0.3) is 5.56 Å². The summed E-state index contributed by atoms with van der Waals surface area (Å²) in [6, 6.07) is 6.54. The SMILES string of the molecule is COC(=O)[C@H](c1ccccc1Cl)N1CCN(C(=O)Cc2c(C)nc(C)[nH]c2=O)CC1. The zero-order valence-corrected chi connectivity index (χ0v) is 18.0. The number of nitrogens with zero attached hydrogens (tertiary/aromatic N) is 3. The first-order valence-electron chi connectivity index (χ1n) is 9.72. The second-order valence-electron chi connectivity index (χ2n) is 7.26. The number of hydrogen-bond donors (Lipinski definition) is 1. The molecule has 0 radical (unpaired) electrons. The molecule has 1 aromatic heterocycles. The third kappa shape index (κ3) is 4.71. The van der Waals surface area contributed by atoms with Crippen LogP contribution in [0.4, 0.5) is 0 Å². The van der Waals surface area contributed by atoms with E-state index in [9.17, 15) is 14.4 Å². The number of aromatic nitrogens is 2. The molecule has 1 fully saturated rings. The van der Waals surface area contributed by atoms with E-state index in [2.05, 4.69) is 9.97 Å². The topological polar surface area (TPSA) is 95.6 Å². The molecule has 0 aliphatic carbocycles. The summed E-state index contributed by atoms with van der Waals surface area (Å²) in [4.78, 5) is 48.0. The minimum atomic E-state index is -0.632. The number of carbonyl (C=O) groups excluding carboxylic acids is 2. The summed E-state index contributed by atoms with van der Waals surface area (Å²) in [6.45, 7) is 5.28. The van der Waals surface area contributed by atoms with Crippen molar-refractivity contribution in [1.82, 2.24) is 19.8 Å². The number of carbonyl (C=O) groups is 2. The van der Waals surface area contributed by atoms with Crippen LogP contribution in [0.1, 0.15) is 28.7 Å². The van der Waals surface area contributed by atoms with Crippen LogP contribution in [0.3, 0.4) is 0 Å². The van der Waals surface area contributed by atoms with Crippen molar-refractivity contribution in [3.8, 4) is 0 Å². The van der Waals surface area contributed by atoms with Crippen LogP contribution in [0.5, 0.6) is 0 Å². The number of ether oxygens (including phenoxy) is 1. The standard InChI is InChI=1S/C21H25ClN4O4/c1-13-16(20(28)24-14(2)23-13)12-18(27)25-8-10-26(11-9-25)19(21(29)30-3)15-6-4-5-7-17(15)22/h4-7,19H,8-12H2,1-3H3,(H,23,24,28)/t19-/m0/s1. The van der Waals surface area contributed by atoms with Gasteiger partial charge in [0.15, 0.2) is 0 Å². The summed E-state index contributed by atoms with van der Waals surface area (Å²) >= 11 is 6.31. The lowest BCUT2D eigenvalue weighted by molar-refractivity contribution is -0.148. The quantitative estimate of drug-likeness (QED) is 0.721. The Labute approximate surface area is 179 Å². The number of nitrogens with one attached hydrogen (secondary N) is 1. The fraction of sp³-hybridized carbons (Fsp3) is 0.429. The van der Waals surface area contributed by atoms with Crippen molar-refractivity contribution in [3.63, 3.8) is 0 Å². The number of amides is 1. The average molecular weight is 433 g/mol. The molecule has 1 aromatic carbocycles. The molecule has 3 rings (SSSR count). The van der Waals surface area contributed by atoms with E-state index in [4.69, 9.17) is 16.3 Å². The fourth-order valence-electron chi connectivity index (χ4n) is 3.73. The number of benzene rings is 1. The molecule has 0 unspecified atom stereocenters. The Kier molecular flexibility index (Phi) is 6.89. The van der Waals surface area contributed by atoms with Gasteiger partial charge >= 0.3 is 5.97 Å². The highest BCUT2D eigenvalue weighted by Gasteiger charge is 2.33. The van der Waals surface area contributed by atoms with Gasteiger partial charge in [-0.05, 0) is 25.5 Å². The third-order valence-electron chi connectivity index (χ3n) is 5.33. The molecule has 2 aromatic rings. The zero-order valence-electron chi connectivity index (χ0n) is 17.3. The maximum Gasteiger partial charge on any atom is 0.327 e. The Hall–Kier alpha value is -2.71. The van der Waals surface area contributed by atoms with Gasteiger partial charge in [0.1, 0.15) is 11.9 Å². The molecule has 2 heterocycles. The third-order valence-corrected chi connectivity index (χ3v) is 5.67. The Bertz CT molecular complexity index is 999. The maximum absolute atomic E-state index is 12.8. The molecule has 160 valence electrons. The largest absolute Gasteiger partial charge is 0.468 e. The molecule has 30 heavy (non-hydrogen) atoms. The van der Waals surface area contributed by atoms with Crippen molar-refractivity contribution in [2.75, 3.05) is 33.3 Å². The van der Waals surface area contributed by atoms with Crippen LogP contribution < -0.4 is 5.56 Å². The first-order valence-corrected chi connectivity index (χ1v) is 10.1. The lowest BCUT2D eigenvalue weighted by Crippen LogP contribution is -2.51. The van der Waals surface area contributed by atoms with Crippen LogP contribution in [0.15, 0.2) is 29.1 Å². The summed E-state index contributed by atoms with van der Waals surface area (Å²) < 4.78 is 5.00. The molecule has 1 atom stereocenters. The summed E-state index contributed by atoms with van der Waals surface area (Å²) in [5.74, 6) is -0.00670. The molecule has 0 spiro atoms. The number of esters is 1. The van der Waals surface area contributed by atoms with Crippen molar-refractivity contribution < 1.29 is 14.3 Å². The van der Waals surface area contributed by atoms with Crippen molar-refractivity contribution in [3.05, 3.63) is 62.3 Å². The minimum absolute atomic E-state index is 0.000605. The van der Waals surface area contributed by atoms with E-state index in [0.717, 1.165) is 0 Å². The van der Waals surface area contributed by atoms with E-state index >= 15 is 0 Å². The summed E-state index contributed by atoms with van der Waals surface area (Å²) in [5.41, 5.74) is 1.35. The normalized spacial score (nSPS) is 15.7. The summed E-state index contributed by atoms with van der Waals surface area (Å²) in [6.07, 6.45) is -0.000605. The first kappa shape index (κ1) is 22.0. The smallest absolute Gasteiger partial charge is 0.327 e. The van der Waals surface area contributed by atoms with Crippen LogP contribution >= 0.6 is 11.6 Å². The molecule has 1 aliphatic rings. The van der Waals surface area contributed by atoms with Gasteiger partial charge in [-0.1, -0.05) is 29.8 Å². The number of aryl methyl sites for hydroxylation is 2. The van der Waals surface area contributed by atoms with Crippen molar-refractivity contribution >= 4 is 23.5 Å². The minimum Gasteiger partial charge on any atom is -0.468 e. The van der Waals surface area contributed by atoms with Crippen molar-refractivity contribution in [1.29, 1.82) is 0 Å². The van der Waals surface area contributed by atoms with Crippen LogP contribution in [0.2, 0.25) is 5.02 Å². The second-order valence-corrected chi connectivity index (χ2v) is 7.66. The Morgan fingerprint density at radius 3 is 2.47 bits per heavy atom. The lowest BCUT2D eigenvalue weighted by atomic mass is 10.0. The Balaban J connectivity index is 1.70. The van der Waals surface area contributed by atoms with Crippen LogP contribution in [0, 0.1) is 13.8 Å². The van der Waals surface area contributed by atoms with E-state index < -0.39 is 12.0 Å². The zero-order chi connectivity index (χ0) is 21.8. The van der Waals surface area contributed by atoms with Gasteiger partial charge in [-0.2, -0.15) is 0 Å². The predicted molar refractivity (Wildman–Crippen MR) is 112 cm³/mol. The van der Waals surface area contributed by atoms with Crippen molar-refractivity contribution in [2.24, 2.45) is 0 Å². The highest BCUT2D eigenvalue weighted by atomic mass is 35.5. The van der Waals surface area contributed by atoms with Gasteiger partial charge < -0.3 is 14.6 Å². The lowest BCUT2D eigenvalue weighted by Gasteiger charge is -2.38. The Morgan fingerprint density at radius 1 is 1.20 bits per heavy atom. The second kappa shape index (κ2) is 9.40. The highest BCUT2D eigenvalue weighted by molar-refractivity contribution is 6.31. The molecule has 8 nitrogen and oxygen atoms in total. The van der Waals surface area contributed by atoms with E-state index in [1.807, 2.05) is 11.0 Å². The van der Waals surface area contributed by atoms with Crippen LogP contribution in [-0.4, -0.2) is 64.9 Å². The van der Waals surface area contributed by atoms with Gasteiger partial charge in [-0.15, -0.1) is 0 Å². The molecule has 0 saturated carbocycles. The molecule has 1 N–H and O–H groups in total. The van der Waals surface area contributed by atoms with Crippen molar-refractivity contribution in [2.45, 2.75) is 26.3 Å². The van der Waals surface area contributed by atoms with Gasteiger partial charge in [-0.25, -0.2) is 9.78 Å². The van der Waals surface area contributed by atoms with E-state index in [-0.39, 0.29) is 17.9 Å². The number of H-pyrrole nitrogens is 1. The van der Waals surface area contributed by atoms with Crippen LogP contribution in [-0.2, 0) is 20.7 Å². The van der Waals surface area contributed by atoms with E-state index in [1.54, 1.807) is 36.9 Å². The first-order chi connectivity index (χ1) is 14.3. The molecule has 9 heteroatoms. The maximum atomic E-state index is 12.8. The van der Waals surface area contributed by atoms with E-state index in [1.165, 1.54) is 7.11 Å². The molecule has 1 aliphatic heterocycles.